The van der Waals surface area contributed by atoms with Crippen LogP contribution in [0.3, 0.4) is 0 Å². The SMILES string of the molecule is Cc1nc(NC(C)C)cc(N2CCNCC2(C)C)n1. The lowest BCUT2D eigenvalue weighted by Crippen LogP contribution is -2.58. The first kappa shape index (κ1) is 14.1. The van der Waals surface area contributed by atoms with Gasteiger partial charge in [-0.1, -0.05) is 0 Å². The largest absolute Gasteiger partial charge is 0.368 e. The molecule has 2 heterocycles. The number of anilines is 2. The van der Waals surface area contributed by atoms with Crippen molar-refractivity contribution in [3.05, 3.63) is 11.9 Å². The molecule has 19 heavy (non-hydrogen) atoms. The first-order chi connectivity index (χ1) is 8.88. The van der Waals surface area contributed by atoms with Crippen molar-refractivity contribution >= 4 is 11.6 Å². The van der Waals surface area contributed by atoms with Crippen LogP contribution in [0.5, 0.6) is 0 Å². The number of rotatable bonds is 3. The topological polar surface area (TPSA) is 53.1 Å². The third-order valence-electron chi connectivity index (χ3n) is 3.34. The predicted molar refractivity (Wildman–Crippen MR) is 79.8 cm³/mol. The molecular formula is C14H25N5. The van der Waals surface area contributed by atoms with Gasteiger partial charge in [0.05, 0.1) is 0 Å². The Kier molecular flexibility index (Phi) is 3.94. The van der Waals surface area contributed by atoms with Crippen molar-refractivity contribution in [1.29, 1.82) is 0 Å². The van der Waals surface area contributed by atoms with Crippen LogP contribution in [-0.2, 0) is 0 Å². The number of nitrogens with one attached hydrogen (secondary N) is 2. The summed E-state index contributed by atoms with van der Waals surface area (Å²) in [6, 6.07) is 2.43. The van der Waals surface area contributed by atoms with E-state index >= 15 is 0 Å². The molecule has 1 saturated heterocycles. The quantitative estimate of drug-likeness (QED) is 0.871. The van der Waals surface area contributed by atoms with E-state index in [9.17, 15) is 0 Å². The van der Waals surface area contributed by atoms with Crippen LogP contribution in [0.4, 0.5) is 11.6 Å². The Morgan fingerprint density at radius 1 is 1.37 bits per heavy atom. The van der Waals surface area contributed by atoms with Crippen LogP contribution < -0.4 is 15.5 Å². The minimum absolute atomic E-state index is 0.0775. The highest BCUT2D eigenvalue weighted by Gasteiger charge is 2.30. The fourth-order valence-electron chi connectivity index (χ4n) is 2.47. The van der Waals surface area contributed by atoms with Crippen LogP contribution in [0, 0.1) is 6.92 Å². The molecule has 2 N–H and O–H groups in total. The second kappa shape index (κ2) is 5.33. The van der Waals surface area contributed by atoms with E-state index in [1.807, 2.05) is 6.92 Å². The van der Waals surface area contributed by atoms with Crippen LogP contribution >= 0.6 is 0 Å². The first-order valence-electron chi connectivity index (χ1n) is 6.99. The maximum atomic E-state index is 4.61. The monoisotopic (exact) mass is 263 g/mol. The molecule has 0 atom stereocenters. The van der Waals surface area contributed by atoms with Crippen LogP contribution in [0.2, 0.25) is 0 Å². The van der Waals surface area contributed by atoms with Crippen LogP contribution in [0.15, 0.2) is 6.07 Å². The van der Waals surface area contributed by atoms with Gasteiger partial charge in [-0.2, -0.15) is 0 Å². The fourth-order valence-corrected chi connectivity index (χ4v) is 2.47. The molecule has 5 heteroatoms. The van der Waals surface area contributed by atoms with E-state index in [1.54, 1.807) is 0 Å². The van der Waals surface area contributed by atoms with Gasteiger partial charge in [-0.3, -0.25) is 0 Å². The zero-order valence-electron chi connectivity index (χ0n) is 12.6. The summed E-state index contributed by atoms with van der Waals surface area (Å²) in [5.74, 6) is 2.74. The Labute approximate surface area is 115 Å². The number of hydrogen-bond acceptors (Lipinski definition) is 5. The zero-order chi connectivity index (χ0) is 14.0. The molecule has 2 rings (SSSR count). The molecule has 0 amide bonds. The Hall–Kier alpha value is -1.36. The van der Waals surface area contributed by atoms with Gasteiger partial charge < -0.3 is 15.5 Å². The molecule has 1 aromatic heterocycles. The molecule has 1 aliphatic rings. The molecule has 5 nitrogen and oxygen atoms in total. The minimum atomic E-state index is 0.0775. The lowest BCUT2D eigenvalue weighted by atomic mass is 10.0. The summed E-state index contributed by atoms with van der Waals surface area (Å²) < 4.78 is 0. The summed E-state index contributed by atoms with van der Waals surface area (Å²) in [5, 5.41) is 6.79. The summed E-state index contributed by atoms with van der Waals surface area (Å²) in [6.45, 7) is 13.6. The summed E-state index contributed by atoms with van der Waals surface area (Å²) in [4.78, 5) is 11.4. The Morgan fingerprint density at radius 2 is 2.11 bits per heavy atom. The molecule has 1 aliphatic heterocycles. The molecule has 0 spiro atoms. The van der Waals surface area contributed by atoms with Gasteiger partial charge >= 0.3 is 0 Å². The van der Waals surface area contributed by atoms with E-state index in [1.165, 1.54) is 0 Å². The molecule has 1 fully saturated rings. The van der Waals surface area contributed by atoms with E-state index in [0.717, 1.165) is 37.1 Å². The van der Waals surface area contributed by atoms with Gasteiger partial charge in [0.25, 0.3) is 0 Å². The summed E-state index contributed by atoms with van der Waals surface area (Å²) >= 11 is 0. The standard InChI is InChI=1S/C14H25N5/c1-10(2)16-12-8-13(18-11(3)17-12)19-7-6-15-9-14(19,4)5/h8,10,15H,6-7,9H2,1-5H3,(H,16,17,18). The molecule has 106 valence electrons. The molecule has 0 saturated carbocycles. The average Bonchev–Trinajstić information content (AvgIpc) is 2.26. The zero-order valence-corrected chi connectivity index (χ0v) is 12.6. The second-order valence-corrected chi connectivity index (χ2v) is 6.10. The van der Waals surface area contributed by atoms with Crippen LogP contribution in [-0.4, -0.2) is 41.2 Å². The highest BCUT2D eigenvalue weighted by molar-refractivity contribution is 5.51. The number of piperazine rings is 1. The van der Waals surface area contributed by atoms with E-state index in [0.29, 0.717) is 6.04 Å². The Morgan fingerprint density at radius 3 is 2.74 bits per heavy atom. The van der Waals surface area contributed by atoms with Crippen LogP contribution in [0.25, 0.3) is 0 Å². The Balaban J connectivity index is 2.30. The number of nitrogens with zero attached hydrogens (tertiary/aromatic N) is 3. The second-order valence-electron chi connectivity index (χ2n) is 6.10. The number of aryl methyl sites for hydroxylation is 1. The van der Waals surface area contributed by atoms with Gasteiger partial charge in [-0.05, 0) is 34.6 Å². The highest BCUT2D eigenvalue weighted by atomic mass is 15.3. The van der Waals surface area contributed by atoms with Crippen LogP contribution in [0.1, 0.15) is 33.5 Å². The van der Waals surface area contributed by atoms with Crippen molar-refractivity contribution in [3.8, 4) is 0 Å². The van der Waals surface area contributed by atoms with Crippen molar-refractivity contribution in [3.63, 3.8) is 0 Å². The van der Waals surface area contributed by atoms with E-state index < -0.39 is 0 Å². The predicted octanol–water partition coefficient (Wildman–Crippen LogP) is 1.79. The Bertz CT molecular complexity index is 441. The maximum Gasteiger partial charge on any atom is 0.134 e. The lowest BCUT2D eigenvalue weighted by Gasteiger charge is -2.43. The summed E-state index contributed by atoms with van der Waals surface area (Å²) in [5.41, 5.74) is 0.0775. The van der Waals surface area contributed by atoms with Crippen molar-refractivity contribution < 1.29 is 0 Å². The van der Waals surface area contributed by atoms with Gasteiger partial charge in [0.2, 0.25) is 0 Å². The van der Waals surface area contributed by atoms with E-state index in [4.69, 9.17) is 0 Å². The molecule has 0 bridgehead atoms. The average molecular weight is 263 g/mol. The third-order valence-corrected chi connectivity index (χ3v) is 3.34. The maximum absolute atomic E-state index is 4.61. The highest BCUT2D eigenvalue weighted by Crippen LogP contribution is 2.25. The number of aromatic nitrogens is 2. The summed E-state index contributed by atoms with van der Waals surface area (Å²) in [6.07, 6.45) is 0. The fraction of sp³-hybridized carbons (Fsp3) is 0.714. The minimum Gasteiger partial charge on any atom is -0.368 e. The molecule has 1 aromatic rings. The summed E-state index contributed by atoms with van der Waals surface area (Å²) in [7, 11) is 0. The van der Waals surface area contributed by atoms with Gasteiger partial charge in [-0.15, -0.1) is 0 Å². The first-order valence-corrected chi connectivity index (χ1v) is 6.99. The molecule has 0 aliphatic carbocycles. The third kappa shape index (κ3) is 3.35. The number of hydrogen-bond donors (Lipinski definition) is 2. The van der Waals surface area contributed by atoms with E-state index in [-0.39, 0.29) is 5.54 Å². The lowest BCUT2D eigenvalue weighted by molar-refractivity contribution is 0.377. The van der Waals surface area contributed by atoms with Crippen molar-refractivity contribution in [1.82, 2.24) is 15.3 Å². The molecule has 0 unspecified atom stereocenters. The molecule has 0 aromatic carbocycles. The van der Waals surface area contributed by atoms with E-state index in [2.05, 4.69) is 59.3 Å². The van der Waals surface area contributed by atoms with Gasteiger partial charge in [0.15, 0.2) is 0 Å². The smallest absolute Gasteiger partial charge is 0.134 e. The van der Waals surface area contributed by atoms with Gasteiger partial charge in [-0.25, -0.2) is 9.97 Å². The van der Waals surface area contributed by atoms with Crippen molar-refractivity contribution in [2.24, 2.45) is 0 Å². The molecular weight excluding hydrogens is 238 g/mol. The van der Waals surface area contributed by atoms with Crippen molar-refractivity contribution in [2.75, 3.05) is 29.9 Å². The van der Waals surface area contributed by atoms with Gasteiger partial charge in [0, 0.05) is 37.3 Å². The normalized spacial score (nSPS) is 18.7. The van der Waals surface area contributed by atoms with Gasteiger partial charge in [0.1, 0.15) is 17.5 Å². The molecule has 0 radical (unpaired) electrons. The van der Waals surface area contributed by atoms with Crippen molar-refractivity contribution in [2.45, 2.75) is 46.2 Å².